The van der Waals surface area contributed by atoms with Gasteiger partial charge in [0, 0.05) is 0 Å². The van der Waals surface area contributed by atoms with Gasteiger partial charge in [-0.25, -0.2) is 0 Å². The Morgan fingerprint density at radius 2 is 0.667 bits per heavy atom. The lowest BCUT2D eigenvalue weighted by atomic mass is 9.78. The standard InChI is InChI=1S/C11F16O6/c12-1(28)3(6(14,15)16)30-8(20,21)5(9(22,23)31-3)10(24,25)32-4(2(13)29,7(17,18)19)33-11(5,26)27. The van der Waals surface area contributed by atoms with Crippen LogP contribution in [0.1, 0.15) is 0 Å². The first-order chi connectivity index (χ1) is 14.2. The highest BCUT2D eigenvalue weighted by atomic mass is 19.4. The molecule has 0 radical (unpaired) electrons. The number of halogens is 16. The molecule has 2 rings (SSSR count). The second kappa shape index (κ2) is 6.59. The number of carbonyl (C=O) groups excluding carboxylic acids is 2. The Hall–Kier alpha value is -1.94. The van der Waals surface area contributed by atoms with Crippen LogP contribution in [0, 0.1) is 5.41 Å². The molecular formula is C11F16O6. The van der Waals surface area contributed by atoms with Gasteiger partial charge in [-0.1, -0.05) is 0 Å². The highest BCUT2D eigenvalue weighted by molar-refractivity contribution is 5.79. The molecule has 192 valence electrons. The maximum Gasteiger partial charge on any atom is 0.454 e. The van der Waals surface area contributed by atoms with Crippen LogP contribution in [0.3, 0.4) is 0 Å². The van der Waals surface area contributed by atoms with E-state index >= 15 is 0 Å². The van der Waals surface area contributed by atoms with Gasteiger partial charge < -0.3 is 0 Å². The van der Waals surface area contributed by atoms with E-state index in [1.54, 1.807) is 0 Å². The lowest BCUT2D eigenvalue weighted by Crippen LogP contribution is -2.86. The molecule has 0 aliphatic carbocycles. The topological polar surface area (TPSA) is 71.1 Å². The quantitative estimate of drug-likeness (QED) is 0.397. The molecule has 2 aliphatic heterocycles. The van der Waals surface area contributed by atoms with Gasteiger partial charge in [-0.15, -0.1) is 0 Å². The molecule has 1 spiro atoms. The van der Waals surface area contributed by atoms with Crippen molar-refractivity contribution in [3.05, 3.63) is 0 Å². The zero-order chi connectivity index (χ0) is 26.5. The Labute approximate surface area is 166 Å². The molecule has 2 fully saturated rings. The van der Waals surface area contributed by atoms with Crippen LogP contribution in [-0.4, -0.2) is 60.4 Å². The van der Waals surface area contributed by atoms with Crippen LogP contribution in [0.25, 0.3) is 0 Å². The Morgan fingerprint density at radius 1 is 0.485 bits per heavy atom. The van der Waals surface area contributed by atoms with E-state index in [-0.39, 0.29) is 0 Å². The molecule has 2 aliphatic rings. The zero-order valence-corrected chi connectivity index (χ0v) is 14.0. The fourth-order valence-corrected chi connectivity index (χ4v) is 2.70. The Morgan fingerprint density at radius 3 is 0.788 bits per heavy atom. The molecule has 2 heterocycles. The summed E-state index contributed by atoms with van der Waals surface area (Å²) in [7, 11) is 0. The normalized spacial score (nSPS) is 37.6. The molecule has 0 N–H and O–H groups in total. The van der Waals surface area contributed by atoms with Crippen molar-refractivity contribution in [2.45, 2.75) is 48.4 Å². The number of rotatable bonds is 2. The van der Waals surface area contributed by atoms with E-state index in [4.69, 9.17) is 0 Å². The summed E-state index contributed by atoms with van der Waals surface area (Å²) in [5.41, 5.74) is -7.60. The average molecular weight is 532 g/mol. The van der Waals surface area contributed by atoms with Gasteiger partial charge >= 0.3 is 65.9 Å². The van der Waals surface area contributed by atoms with Crippen molar-refractivity contribution >= 4 is 12.1 Å². The molecule has 6 nitrogen and oxygen atoms in total. The molecule has 0 aromatic heterocycles. The molecule has 0 saturated carbocycles. The van der Waals surface area contributed by atoms with Crippen molar-refractivity contribution in [2.24, 2.45) is 5.41 Å². The van der Waals surface area contributed by atoms with Gasteiger partial charge in [0.25, 0.3) is 0 Å². The summed E-state index contributed by atoms with van der Waals surface area (Å²) in [4.78, 5) is 21.0. The molecule has 0 aromatic carbocycles. The number of carbonyl (C=O) groups is 2. The molecule has 0 amide bonds. The third-order valence-corrected chi connectivity index (χ3v) is 4.10. The minimum Gasteiger partial charge on any atom is -0.268 e. The smallest absolute Gasteiger partial charge is 0.268 e. The van der Waals surface area contributed by atoms with Crippen LogP contribution in [-0.2, 0) is 28.5 Å². The first-order valence-corrected chi connectivity index (χ1v) is 7.06. The van der Waals surface area contributed by atoms with Crippen LogP contribution in [0.2, 0.25) is 0 Å². The number of ether oxygens (including phenoxy) is 4. The highest BCUT2D eigenvalue weighted by Gasteiger charge is 3.03. The average Bonchev–Trinajstić information content (AvgIpc) is 2.47. The van der Waals surface area contributed by atoms with Gasteiger partial charge in [0.1, 0.15) is 0 Å². The number of hydrogen-bond donors (Lipinski definition) is 0. The van der Waals surface area contributed by atoms with E-state index in [1.807, 2.05) is 0 Å². The van der Waals surface area contributed by atoms with Gasteiger partial charge in [0.05, 0.1) is 0 Å². The van der Waals surface area contributed by atoms with E-state index in [1.165, 1.54) is 0 Å². The summed E-state index contributed by atoms with van der Waals surface area (Å²) in [6.07, 6.45) is -45.0. The predicted octanol–water partition coefficient (Wildman–Crippen LogP) is 3.95. The molecule has 0 bridgehead atoms. The molecule has 2 saturated heterocycles. The lowest BCUT2D eigenvalue weighted by Gasteiger charge is -2.58. The number of alkyl halides is 14. The summed E-state index contributed by atoms with van der Waals surface area (Å²) < 4.78 is 224. The summed E-state index contributed by atoms with van der Waals surface area (Å²) >= 11 is 0. The summed E-state index contributed by atoms with van der Waals surface area (Å²) in [6.45, 7) is 0. The first kappa shape index (κ1) is 27.3. The predicted molar refractivity (Wildman–Crippen MR) is 56.4 cm³/mol. The van der Waals surface area contributed by atoms with Crippen LogP contribution >= 0.6 is 0 Å². The third kappa shape index (κ3) is 3.05. The second-order valence-corrected chi connectivity index (χ2v) is 6.00. The van der Waals surface area contributed by atoms with Crippen molar-refractivity contribution in [3.63, 3.8) is 0 Å². The maximum absolute atomic E-state index is 14.2. The van der Waals surface area contributed by atoms with Gasteiger partial charge in [-0.3, -0.25) is 28.5 Å². The maximum atomic E-state index is 14.2. The first-order valence-electron chi connectivity index (χ1n) is 7.06. The molecule has 0 aromatic rings. The summed E-state index contributed by atoms with van der Waals surface area (Å²) in [5.74, 6) is -13.2. The van der Waals surface area contributed by atoms with E-state index < -0.39 is 65.9 Å². The summed E-state index contributed by atoms with van der Waals surface area (Å²) in [6, 6.07) is -9.01. The van der Waals surface area contributed by atoms with Gasteiger partial charge in [-0.2, -0.15) is 70.2 Å². The Balaban J connectivity index is 2.92. The molecule has 0 unspecified atom stereocenters. The largest absolute Gasteiger partial charge is 0.454 e. The van der Waals surface area contributed by atoms with Crippen LogP contribution in [0.15, 0.2) is 0 Å². The van der Waals surface area contributed by atoms with Gasteiger partial charge in [0.2, 0.25) is 0 Å². The zero-order valence-electron chi connectivity index (χ0n) is 14.0. The third-order valence-electron chi connectivity index (χ3n) is 4.10. The second-order valence-electron chi connectivity index (χ2n) is 6.00. The fraction of sp³-hybridized carbons (Fsp3) is 0.818. The minimum atomic E-state index is -7.66. The van der Waals surface area contributed by atoms with Gasteiger partial charge in [-0.05, 0) is 0 Å². The van der Waals surface area contributed by atoms with E-state index in [2.05, 4.69) is 18.9 Å². The van der Waals surface area contributed by atoms with Crippen molar-refractivity contribution in [3.8, 4) is 0 Å². The summed E-state index contributed by atoms with van der Waals surface area (Å²) in [5, 5.41) is 0. The van der Waals surface area contributed by atoms with E-state index in [9.17, 15) is 79.8 Å². The van der Waals surface area contributed by atoms with Crippen molar-refractivity contribution in [1.82, 2.24) is 0 Å². The molecule has 22 heteroatoms. The van der Waals surface area contributed by atoms with E-state index in [0.717, 1.165) is 0 Å². The number of hydrogen-bond acceptors (Lipinski definition) is 6. The Bertz CT molecular complexity index is 748. The van der Waals surface area contributed by atoms with Crippen LogP contribution in [0.5, 0.6) is 0 Å². The monoisotopic (exact) mass is 532 g/mol. The lowest BCUT2D eigenvalue weighted by molar-refractivity contribution is -0.676. The van der Waals surface area contributed by atoms with Crippen molar-refractivity contribution in [1.29, 1.82) is 0 Å². The molecule has 33 heavy (non-hydrogen) atoms. The fourth-order valence-electron chi connectivity index (χ4n) is 2.70. The SMILES string of the molecule is O=C(F)C1(C(F)(F)F)OC(F)(F)C2(C(F)(F)O1)C(F)(F)OC(C(=O)F)(C(F)(F)F)OC2(F)F. The Kier molecular flexibility index (Phi) is 5.45. The van der Waals surface area contributed by atoms with Crippen molar-refractivity contribution in [2.75, 3.05) is 0 Å². The molecule has 0 atom stereocenters. The highest BCUT2D eigenvalue weighted by Crippen LogP contribution is 2.74. The van der Waals surface area contributed by atoms with E-state index in [0.29, 0.717) is 0 Å². The van der Waals surface area contributed by atoms with Crippen LogP contribution in [0.4, 0.5) is 70.2 Å². The van der Waals surface area contributed by atoms with Gasteiger partial charge in [0.15, 0.2) is 0 Å². The van der Waals surface area contributed by atoms with Crippen LogP contribution < -0.4 is 0 Å². The molecular weight excluding hydrogens is 532 g/mol. The minimum absolute atomic E-state index is 2.14. The van der Waals surface area contributed by atoms with Crippen molar-refractivity contribution < 1.29 is 98.8 Å².